The van der Waals surface area contributed by atoms with Crippen molar-refractivity contribution >= 4 is 17.3 Å². The Morgan fingerprint density at radius 3 is 2.68 bits per heavy atom. The van der Waals surface area contributed by atoms with Gasteiger partial charge in [-0.15, -0.1) is 0 Å². The van der Waals surface area contributed by atoms with Gasteiger partial charge in [-0.05, 0) is 26.3 Å². The molecule has 0 bridgehead atoms. The molecule has 1 aromatic carbocycles. The van der Waals surface area contributed by atoms with Crippen LogP contribution >= 0.6 is 0 Å². The van der Waals surface area contributed by atoms with Crippen LogP contribution < -0.4 is 11.1 Å². The molecule has 1 rings (SSSR count). The maximum atomic E-state index is 11.7. The predicted octanol–water partition coefficient (Wildman–Crippen LogP) is 1.76. The number of aromatic hydroxyl groups is 1. The van der Waals surface area contributed by atoms with Crippen LogP contribution in [0.5, 0.6) is 5.75 Å². The van der Waals surface area contributed by atoms with E-state index in [-0.39, 0.29) is 23.5 Å². The number of nitrogens with two attached hydrogens (primary N) is 1. The summed E-state index contributed by atoms with van der Waals surface area (Å²) in [4.78, 5) is 21.8. The number of carbonyl (C=O) groups excluding carboxylic acids is 1. The smallest absolute Gasteiger partial charge is 0.296 e. The molecule has 1 amide bonds. The molecule has 0 saturated carbocycles. The molecule has 0 aliphatic carbocycles. The van der Waals surface area contributed by atoms with E-state index in [0.717, 1.165) is 0 Å². The van der Waals surface area contributed by atoms with Crippen molar-refractivity contribution in [3.8, 4) is 5.75 Å². The molecule has 7 heteroatoms. The van der Waals surface area contributed by atoms with E-state index in [2.05, 4.69) is 5.32 Å². The number of rotatable bonds is 5. The number of nitrogens with one attached hydrogen (secondary N) is 1. The van der Waals surface area contributed by atoms with E-state index < -0.39 is 16.4 Å². The first-order valence-electron chi connectivity index (χ1n) is 5.76. The van der Waals surface area contributed by atoms with Crippen molar-refractivity contribution in [2.75, 3.05) is 5.32 Å². The topological polar surface area (TPSA) is 118 Å². The van der Waals surface area contributed by atoms with Crippen LogP contribution in [-0.4, -0.2) is 21.5 Å². The van der Waals surface area contributed by atoms with Gasteiger partial charge in [0.1, 0.15) is 5.75 Å². The normalized spacial score (nSPS) is 11.1. The molecule has 19 heavy (non-hydrogen) atoms. The minimum Gasteiger partial charge on any atom is -0.505 e. The fraction of sp³-hybridized carbons (Fsp3) is 0.417. The SMILES string of the molecule is CC(C)(N)CCC(=O)Nc1c(O)cccc1[N+](=O)[O-]. The lowest BCUT2D eigenvalue weighted by atomic mass is 10.00. The average molecular weight is 267 g/mol. The Morgan fingerprint density at radius 1 is 1.53 bits per heavy atom. The number of amides is 1. The first-order chi connectivity index (χ1) is 8.70. The second-order valence-electron chi connectivity index (χ2n) is 4.97. The van der Waals surface area contributed by atoms with Gasteiger partial charge in [0.15, 0.2) is 5.69 Å². The number of hydrogen-bond acceptors (Lipinski definition) is 5. The Morgan fingerprint density at radius 2 is 2.16 bits per heavy atom. The lowest BCUT2D eigenvalue weighted by molar-refractivity contribution is -0.384. The molecular weight excluding hydrogens is 250 g/mol. The molecular formula is C12H17N3O4. The molecule has 0 aromatic heterocycles. The van der Waals surface area contributed by atoms with Crippen LogP contribution in [0.1, 0.15) is 26.7 Å². The summed E-state index contributed by atoms with van der Waals surface area (Å²) in [6.07, 6.45) is 0.551. The molecule has 0 unspecified atom stereocenters. The molecule has 0 fully saturated rings. The molecule has 0 aliphatic rings. The van der Waals surface area contributed by atoms with Gasteiger partial charge in [-0.25, -0.2) is 0 Å². The number of nitrogens with zero attached hydrogens (tertiary/aromatic N) is 1. The van der Waals surface area contributed by atoms with Crippen molar-refractivity contribution in [3.05, 3.63) is 28.3 Å². The third kappa shape index (κ3) is 4.55. The Bertz CT molecular complexity index is 494. The van der Waals surface area contributed by atoms with Gasteiger partial charge >= 0.3 is 0 Å². The quantitative estimate of drug-likeness (QED) is 0.426. The van der Waals surface area contributed by atoms with Crippen molar-refractivity contribution in [3.63, 3.8) is 0 Å². The summed E-state index contributed by atoms with van der Waals surface area (Å²) in [6.45, 7) is 3.56. The van der Waals surface area contributed by atoms with Crippen LogP contribution in [0.3, 0.4) is 0 Å². The number of anilines is 1. The summed E-state index contributed by atoms with van der Waals surface area (Å²) in [5.41, 5.74) is 4.71. The fourth-order valence-corrected chi connectivity index (χ4v) is 1.45. The lowest BCUT2D eigenvalue weighted by Crippen LogP contribution is -2.33. The van der Waals surface area contributed by atoms with Crippen molar-refractivity contribution in [2.24, 2.45) is 5.73 Å². The second kappa shape index (κ2) is 5.66. The van der Waals surface area contributed by atoms with Gasteiger partial charge in [-0.3, -0.25) is 14.9 Å². The minimum atomic E-state index is -0.664. The van der Waals surface area contributed by atoms with E-state index in [4.69, 9.17) is 5.73 Å². The number of phenols is 1. The largest absolute Gasteiger partial charge is 0.505 e. The number of para-hydroxylation sites is 1. The Hall–Kier alpha value is -2.15. The Kier molecular flexibility index (Phi) is 4.44. The molecule has 1 aromatic rings. The van der Waals surface area contributed by atoms with Crippen molar-refractivity contribution in [1.82, 2.24) is 0 Å². The molecule has 4 N–H and O–H groups in total. The second-order valence-corrected chi connectivity index (χ2v) is 4.97. The van der Waals surface area contributed by atoms with Crippen LogP contribution in [0, 0.1) is 10.1 Å². The van der Waals surface area contributed by atoms with E-state index >= 15 is 0 Å². The monoisotopic (exact) mass is 267 g/mol. The summed E-state index contributed by atoms with van der Waals surface area (Å²) in [5, 5.41) is 22.7. The summed E-state index contributed by atoms with van der Waals surface area (Å²) >= 11 is 0. The third-order valence-electron chi connectivity index (χ3n) is 2.48. The van der Waals surface area contributed by atoms with Gasteiger partial charge in [0.05, 0.1) is 4.92 Å². The van der Waals surface area contributed by atoms with Crippen LogP contribution in [0.25, 0.3) is 0 Å². The molecule has 7 nitrogen and oxygen atoms in total. The minimum absolute atomic E-state index is 0.120. The molecule has 0 saturated heterocycles. The van der Waals surface area contributed by atoms with Crippen LogP contribution in [0.4, 0.5) is 11.4 Å². The highest BCUT2D eigenvalue weighted by Crippen LogP contribution is 2.33. The van der Waals surface area contributed by atoms with E-state index in [1.807, 2.05) is 0 Å². The van der Waals surface area contributed by atoms with Gasteiger partial charge in [0, 0.05) is 18.0 Å². The molecule has 0 aliphatic heterocycles. The van der Waals surface area contributed by atoms with Gasteiger partial charge in [-0.2, -0.15) is 0 Å². The number of hydrogen-bond donors (Lipinski definition) is 3. The van der Waals surface area contributed by atoms with Gasteiger partial charge < -0.3 is 16.2 Å². The summed E-state index contributed by atoms with van der Waals surface area (Å²) < 4.78 is 0. The van der Waals surface area contributed by atoms with E-state index in [1.165, 1.54) is 18.2 Å². The first kappa shape index (κ1) is 14.9. The summed E-state index contributed by atoms with van der Waals surface area (Å²) in [5.74, 6) is -0.766. The zero-order valence-electron chi connectivity index (χ0n) is 10.8. The Balaban J connectivity index is 2.82. The standard InChI is InChI=1S/C12H17N3O4/c1-12(2,13)7-6-10(17)14-11-8(15(18)19)4-3-5-9(11)16/h3-5,16H,6-7,13H2,1-2H3,(H,14,17). The average Bonchev–Trinajstić information content (AvgIpc) is 2.28. The number of nitro benzene ring substituents is 1. The van der Waals surface area contributed by atoms with Crippen LogP contribution in [0.2, 0.25) is 0 Å². The fourth-order valence-electron chi connectivity index (χ4n) is 1.45. The summed E-state index contributed by atoms with van der Waals surface area (Å²) in [7, 11) is 0. The van der Waals surface area contributed by atoms with E-state index in [0.29, 0.717) is 6.42 Å². The number of nitro groups is 1. The molecule has 0 spiro atoms. The van der Waals surface area contributed by atoms with Crippen molar-refractivity contribution < 1.29 is 14.8 Å². The van der Waals surface area contributed by atoms with Crippen LogP contribution in [0.15, 0.2) is 18.2 Å². The third-order valence-corrected chi connectivity index (χ3v) is 2.48. The first-order valence-corrected chi connectivity index (χ1v) is 5.76. The zero-order chi connectivity index (χ0) is 14.6. The molecule has 0 heterocycles. The number of carbonyl (C=O) groups is 1. The summed E-state index contributed by atoms with van der Waals surface area (Å²) in [6, 6.07) is 3.82. The maximum absolute atomic E-state index is 11.7. The highest BCUT2D eigenvalue weighted by molar-refractivity contribution is 5.95. The van der Waals surface area contributed by atoms with Crippen molar-refractivity contribution in [2.45, 2.75) is 32.2 Å². The van der Waals surface area contributed by atoms with E-state index in [1.54, 1.807) is 13.8 Å². The number of phenolic OH excluding ortho intramolecular Hbond substituents is 1. The highest BCUT2D eigenvalue weighted by Gasteiger charge is 2.20. The zero-order valence-corrected chi connectivity index (χ0v) is 10.8. The van der Waals surface area contributed by atoms with Crippen LogP contribution in [-0.2, 0) is 4.79 Å². The van der Waals surface area contributed by atoms with Gasteiger partial charge in [0.2, 0.25) is 5.91 Å². The lowest BCUT2D eigenvalue weighted by Gasteiger charge is -2.17. The molecule has 104 valence electrons. The van der Waals surface area contributed by atoms with Crippen molar-refractivity contribution in [1.29, 1.82) is 0 Å². The number of benzene rings is 1. The van der Waals surface area contributed by atoms with Gasteiger partial charge in [0.25, 0.3) is 5.69 Å². The van der Waals surface area contributed by atoms with E-state index in [9.17, 15) is 20.0 Å². The molecule has 0 atom stereocenters. The maximum Gasteiger partial charge on any atom is 0.296 e. The Labute approximate surface area is 110 Å². The molecule has 0 radical (unpaired) electrons. The predicted molar refractivity (Wildman–Crippen MR) is 70.9 cm³/mol. The highest BCUT2D eigenvalue weighted by atomic mass is 16.6. The van der Waals surface area contributed by atoms with Gasteiger partial charge in [-0.1, -0.05) is 6.07 Å².